The lowest BCUT2D eigenvalue weighted by Gasteiger charge is -2.29. The minimum atomic E-state index is 0.353. The number of rotatable bonds is 2. The monoisotopic (exact) mass is 410 g/mol. The third-order valence-corrected chi connectivity index (χ3v) is 6.86. The van der Waals surface area contributed by atoms with E-state index in [1.165, 1.54) is 50.0 Å². The minimum Gasteiger partial charge on any atom is -0.333 e. The van der Waals surface area contributed by atoms with Crippen molar-refractivity contribution >= 4 is 38.8 Å². The van der Waals surface area contributed by atoms with Gasteiger partial charge in [0.1, 0.15) is 0 Å². The summed E-state index contributed by atoms with van der Waals surface area (Å²) in [4.78, 5) is 2.52. The molecule has 2 aliphatic rings. The molecule has 1 unspecified atom stereocenters. The maximum atomic E-state index is 2.52. The second-order valence-corrected chi connectivity index (χ2v) is 8.58. The van der Waals surface area contributed by atoms with E-state index in [-0.39, 0.29) is 0 Å². The Morgan fingerprint density at radius 2 is 1.34 bits per heavy atom. The number of hydrogen-bond acceptors (Lipinski definition) is 1. The number of nitrogens with zero attached hydrogens (tertiary/aromatic N) is 2. The summed E-state index contributed by atoms with van der Waals surface area (Å²) in [5.41, 5.74) is 8.99. The second-order valence-electron chi connectivity index (χ2n) is 8.58. The number of hydrogen-bond donors (Lipinski definition) is 0. The molecule has 0 saturated heterocycles. The number of allylic oxidation sites excluding steroid dienone is 2. The summed E-state index contributed by atoms with van der Waals surface area (Å²) in [6.45, 7) is 0. The fraction of sp³-hybridized carbons (Fsp3) is 0.0667. The van der Waals surface area contributed by atoms with Crippen LogP contribution in [0.2, 0.25) is 0 Å². The Labute approximate surface area is 187 Å². The molecule has 1 aromatic heterocycles. The zero-order valence-corrected chi connectivity index (χ0v) is 17.6. The Morgan fingerprint density at radius 1 is 0.656 bits per heavy atom. The van der Waals surface area contributed by atoms with Gasteiger partial charge in [0.2, 0.25) is 0 Å². The highest BCUT2D eigenvalue weighted by Gasteiger charge is 2.34. The molecule has 5 aromatic rings. The largest absolute Gasteiger partial charge is 0.333 e. The smallest absolute Gasteiger partial charge is 0.0632 e. The fourth-order valence-corrected chi connectivity index (χ4v) is 5.53. The maximum absolute atomic E-state index is 2.52. The molecule has 1 atom stereocenters. The molecule has 0 bridgehead atoms. The molecule has 0 fully saturated rings. The Morgan fingerprint density at radius 3 is 2.16 bits per heavy atom. The third kappa shape index (κ3) is 2.41. The van der Waals surface area contributed by atoms with Crippen molar-refractivity contribution in [3.8, 4) is 5.69 Å². The normalized spacial score (nSPS) is 16.9. The van der Waals surface area contributed by atoms with E-state index < -0.39 is 0 Å². The van der Waals surface area contributed by atoms with Crippen LogP contribution in [0.1, 0.15) is 12.0 Å². The van der Waals surface area contributed by atoms with Gasteiger partial charge in [0.05, 0.1) is 17.1 Å². The lowest BCUT2D eigenvalue weighted by Crippen LogP contribution is -2.27. The molecule has 0 amide bonds. The van der Waals surface area contributed by atoms with E-state index in [2.05, 4.69) is 125 Å². The Balaban J connectivity index is 1.45. The van der Waals surface area contributed by atoms with Crippen molar-refractivity contribution in [2.45, 2.75) is 12.5 Å². The first-order chi connectivity index (χ1) is 15.9. The van der Waals surface area contributed by atoms with Crippen molar-refractivity contribution < 1.29 is 0 Å². The van der Waals surface area contributed by atoms with Gasteiger partial charge < -0.3 is 9.47 Å². The van der Waals surface area contributed by atoms with Crippen molar-refractivity contribution in [3.05, 3.63) is 121 Å². The van der Waals surface area contributed by atoms with Gasteiger partial charge in [-0.15, -0.1) is 0 Å². The molecular weight excluding hydrogens is 388 g/mol. The summed E-state index contributed by atoms with van der Waals surface area (Å²) < 4.78 is 2.40. The van der Waals surface area contributed by atoms with Gasteiger partial charge in [-0.25, -0.2) is 0 Å². The zero-order valence-electron chi connectivity index (χ0n) is 17.6. The molecule has 2 nitrogen and oxygen atoms in total. The van der Waals surface area contributed by atoms with Gasteiger partial charge in [-0.05, 0) is 48.4 Å². The molecule has 4 aromatic carbocycles. The quantitative estimate of drug-likeness (QED) is 0.290. The lowest BCUT2D eigenvalue weighted by molar-refractivity contribution is 0.829. The van der Waals surface area contributed by atoms with E-state index in [4.69, 9.17) is 0 Å². The number of aromatic nitrogens is 1. The van der Waals surface area contributed by atoms with Gasteiger partial charge in [-0.1, -0.05) is 78.9 Å². The van der Waals surface area contributed by atoms with Crippen LogP contribution in [0.5, 0.6) is 0 Å². The molecule has 152 valence electrons. The van der Waals surface area contributed by atoms with Crippen molar-refractivity contribution in [2.24, 2.45) is 0 Å². The van der Waals surface area contributed by atoms with E-state index in [0.717, 1.165) is 6.42 Å². The van der Waals surface area contributed by atoms with Crippen LogP contribution in [0.15, 0.2) is 115 Å². The number of para-hydroxylation sites is 3. The highest BCUT2D eigenvalue weighted by molar-refractivity contribution is 6.09. The fourth-order valence-electron chi connectivity index (χ4n) is 5.53. The SMILES string of the molecule is C1=CCC2C(=C1)c1ccccc1N2c1cccc(-n2c3ccccc3c3ccccc32)c1. The summed E-state index contributed by atoms with van der Waals surface area (Å²) in [5.74, 6) is 0. The lowest BCUT2D eigenvalue weighted by atomic mass is 9.96. The number of anilines is 2. The summed E-state index contributed by atoms with van der Waals surface area (Å²) in [6, 6.07) is 35.6. The van der Waals surface area contributed by atoms with E-state index in [0.29, 0.717) is 6.04 Å². The molecule has 32 heavy (non-hydrogen) atoms. The van der Waals surface area contributed by atoms with Crippen LogP contribution in [0.3, 0.4) is 0 Å². The minimum absolute atomic E-state index is 0.353. The summed E-state index contributed by atoms with van der Waals surface area (Å²) in [5, 5.41) is 2.59. The van der Waals surface area contributed by atoms with Gasteiger partial charge >= 0.3 is 0 Å². The van der Waals surface area contributed by atoms with Gasteiger partial charge in [0.25, 0.3) is 0 Å². The third-order valence-electron chi connectivity index (χ3n) is 6.86. The number of benzene rings is 4. The first-order valence-corrected chi connectivity index (χ1v) is 11.2. The highest BCUT2D eigenvalue weighted by Crippen LogP contribution is 2.47. The molecule has 2 heteroatoms. The molecule has 0 N–H and O–H groups in total. The molecule has 1 aliphatic heterocycles. The maximum Gasteiger partial charge on any atom is 0.0632 e. The molecular formula is C30H22N2. The molecule has 1 aliphatic carbocycles. The van der Waals surface area contributed by atoms with Gasteiger partial charge in [-0.2, -0.15) is 0 Å². The van der Waals surface area contributed by atoms with Crippen LogP contribution in [0.4, 0.5) is 11.4 Å². The molecule has 2 heterocycles. The molecule has 0 saturated carbocycles. The average molecular weight is 411 g/mol. The van der Waals surface area contributed by atoms with E-state index >= 15 is 0 Å². The van der Waals surface area contributed by atoms with Crippen LogP contribution in [0.25, 0.3) is 33.1 Å². The van der Waals surface area contributed by atoms with Crippen LogP contribution in [0, 0.1) is 0 Å². The van der Waals surface area contributed by atoms with Gasteiger partial charge in [0, 0.05) is 33.4 Å². The van der Waals surface area contributed by atoms with Crippen molar-refractivity contribution in [1.82, 2.24) is 4.57 Å². The Bertz CT molecular complexity index is 1510. The predicted molar refractivity (Wildman–Crippen MR) is 135 cm³/mol. The van der Waals surface area contributed by atoms with Crippen molar-refractivity contribution in [1.29, 1.82) is 0 Å². The first kappa shape index (κ1) is 17.6. The Hall–Kier alpha value is -4.04. The average Bonchev–Trinajstić information content (AvgIpc) is 3.37. The van der Waals surface area contributed by atoms with Crippen molar-refractivity contribution in [2.75, 3.05) is 4.90 Å². The van der Waals surface area contributed by atoms with E-state index in [9.17, 15) is 0 Å². The Kier molecular flexibility index (Phi) is 3.71. The summed E-state index contributed by atoms with van der Waals surface area (Å²) in [6.07, 6.45) is 7.79. The van der Waals surface area contributed by atoms with E-state index in [1.54, 1.807) is 0 Å². The van der Waals surface area contributed by atoms with Crippen molar-refractivity contribution in [3.63, 3.8) is 0 Å². The molecule has 7 rings (SSSR count). The van der Waals surface area contributed by atoms with Crippen LogP contribution in [-0.2, 0) is 0 Å². The topological polar surface area (TPSA) is 8.17 Å². The molecule has 0 spiro atoms. The van der Waals surface area contributed by atoms with Gasteiger partial charge in [-0.3, -0.25) is 0 Å². The summed E-state index contributed by atoms with van der Waals surface area (Å²) >= 11 is 0. The zero-order chi connectivity index (χ0) is 21.1. The van der Waals surface area contributed by atoms with Crippen LogP contribution < -0.4 is 4.90 Å². The molecule has 0 radical (unpaired) electrons. The first-order valence-electron chi connectivity index (χ1n) is 11.2. The standard InChI is InChI=1S/C30H22N2/c1-5-16-27-23(12-1)24-13-2-6-17-28(24)31(27)21-10-9-11-22(20-21)32-29-18-7-3-14-25(29)26-15-4-8-19-30(26)32/h1-18,20,30H,19H2. The second kappa shape index (κ2) is 6.73. The predicted octanol–water partition coefficient (Wildman–Crippen LogP) is 7.65. The van der Waals surface area contributed by atoms with E-state index in [1.807, 2.05) is 0 Å². The van der Waals surface area contributed by atoms with Crippen LogP contribution in [-0.4, -0.2) is 10.6 Å². The van der Waals surface area contributed by atoms with Crippen LogP contribution >= 0.6 is 0 Å². The summed E-state index contributed by atoms with van der Waals surface area (Å²) in [7, 11) is 0. The van der Waals surface area contributed by atoms with Gasteiger partial charge in [0.15, 0.2) is 0 Å². The highest BCUT2D eigenvalue weighted by atomic mass is 15.2. The number of fused-ring (bicyclic) bond motifs is 6.